The van der Waals surface area contributed by atoms with Gasteiger partial charge in [0.2, 0.25) is 5.89 Å². The van der Waals surface area contributed by atoms with Crippen LogP contribution in [0.1, 0.15) is 25.6 Å². The van der Waals surface area contributed by atoms with Crippen molar-refractivity contribution < 1.29 is 22.4 Å². The van der Waals surface area contributed by atoms with Crippen LogP contribution in [0.2, 0.25) is 0 Å². The molecular formula is C14H16F3N3O2. The van der Waals surface area contributed by atoms with Crippen LogP contribution in [-0.4, -0.2) is 16.5 Å². The minimum absolute atomic E-state index is 0.268. The molecule has 0 spiro atoms. The Labute approximate surface area is 125 Å². The maximum absolute atomic E-state index is 12.0. The Bertz CT molecular complexity index is 594. The van der Waals surface area contributed by atoms with E-state index in [1.807, 2.05) is 0 Å². The smallest absolute Gasteiger partial charge is 0.406 e. The van der Waals surface area contributed by atoms with E-state index in [4.69, 9.17) is 4.52 Å². The third kappa shape index (κ3) is 5.27. The highest BCUT2D eigenvalue weighted by atomic mass is 19.4. The number of ether oxygens (including phenoxy) is 1. The number of hydrogen-bond acceptors (Lipinski definition) is 5. The van der Waals surface area contributed by atoms with Crippen molar-refractivity contribution >= 4 is 5.69 Å². The molecule has 0 bridgehead atoms. The van der Waals surface area contributed by atoms with E-state index < -0.39 is 6.36 Å². The average Bonchev–Trinajstić information content (AvgIpc) is 2.83. The van der Waals surface area contributed by atoms with Gasteiger partial charge < -0.3 is 14.6 Å². The minimum atomic E-state index is -4.69. The SMILES string of the molecule is CC(C)Cc1noc(CNc2ccc(OC(F)(F)F)cc2)n1. The number of nitrogens with one attached hydrogen (secondary N) is 1. The Morgan fingerprint density at radius 3 is 2.50 bits per heavy atom. The van der Waals surface area contributed by atoms with Gasteiger partial charge >= 0.3 is 6.36 Å². The molecule has 2 aromatic rings. The van der Waals surface area contributed by atoms with Crippen LogP contribution in [0.4, 0.5) is 18.9 Å². The van der Waals surface area contributed by atoms with Crippen LogP contribution in [0, 0.1) is 5.92 Å². The Balaban J connectivity index is 1.87. The number of halogens is 3. The van der Waals surface area contributed by atoms with Gasteiger partial charge in [-0.15, -0.1) is 13.2 Å². The Hall–Kier alpha value is -2.25. The maximum atomic E-state index is 12.0. The van der Waals surface area contributed by atoms with E-state index in [0.29, 0.717) is 29.9 Å². The molecule has 1 N–H and O–H groups in total. The van der Waals surface area contributed by atoms with E-state index in [2.05, 4.69) is 34.0 Å². The highest BCUT2D eigenvalue weighted by Crippen LogP contribution is 2.24. The zero-order chi connectivity index (χ0) is 16.2. The summed E-state index contributed by atoms with van der Waals surface area (Å²) in [5.41, 5.74) is 0.623. The first-order valence-electron chi connectivity index (χ1n) is 6.73. The van der Waals surface area contributed by atoms with Crippen LogP contribution in [0.15, 0.2) is 28.8 Å². The minimum Gasteiger partial charge on any atom is -0.406 e. The summed E-state index contributed by atoms with van der Waals surface area (Å²) in [4.78, 5) is 4.22. The fourth-order valence-corrected chi connectivity index (χ4v) is 1.76. The second kappa shape index (κ2) is 6.67. The normalized spacial score (nSPS) is 11.7. The van der Waals surface area contributed by atoms with Gasteiger partial charge in [0.15, 0.2) is 5.82 Å². The van der Waals surface area contributed by atoms with Crippen molar-refractivity contribution in [1.29, 1.82) is 0 Å². The van der Waals surface area contributed by atoms with Crippen LogP contribution < -0.4 is 10.1 Å². The molecule has 0 unspecified atom stereocenters. The van der Waals surface area contributed by atoms with E-state index in [1.54, 1.807) is 0 Å². The second-order valence-corrected chi connectivity index (χ2v) is 5.13. The largest absolute Gasteiger partial charge is 0.573 e. The molecule has 0 atom stereocenters. The van der Waals surface area contributed by atoms with Crippen molar-refractivity contribution in [3.05, 3.63) is 36.0 Å². The summed E-state index contributed by atoms with van der Waals surface area (Å²) in [5, 5.41) is 6.84. The topological polar surface area (TPSA) is 60.2 Å². The summed E-state index contributed by atoms with van der Waals surface area (Å²) in [5.74, 6) is 1.22. The molecule has 0 saturated carbocycles. The fourth-order valence-electron chi connectivity index (χ4n) is 1.76. The lowest BCUT2D eigenvalue weighted by Crippen LogP contribution is -2.17. The molecule has 1 aromatic carbocycles. The molecule has 1 aromatic heterocycles. The molecular weight excluding hydrogens is 299 g/mol. The van der Waals surface area contributed by atoms with E-state index in [1.165, 1.54) is 24.3 Å². The molecule has 0 radical (unpaired) electrons. The first-order valence-corrected chi connectivity index (χ1v) is 6.73. The van der Waals surface area contributed by atoms with E-state index in [-0.39, 0.29) is 5.75 Å². The van der Waals surface area contributed by atoms with Crippen molar-refractivity contribution in [2.75, 3.05) is 5.32 Å². The van der Waals surface area contributed by atoms with Gasteiger partial charge in [0, 0.05) is 12.1 Å². The summed E-state index contributed by atoms with van der Waals surface area (Å²) >= 11 is 0. The molecule has 0 saturated heterocycles. The first kappa shape index (κ1) is 16.1. The zero-order valence-corrected chi connectivity index (χ0v) is 12.1. The average molecular weight is 315 g/mol. The lowest BCUT2D eigenvalue weighted by Gasteiger charge is -2.09. The van der Waals surface area contributed by atoms with Crippen LogP contribution in [0.25, 0.3) is 0 Å². The van der Waals surface area contributed by atoms with Gasteiger partial charge in [0.05, 0.1) is 6.54 Å². The van der Waals surface area contributed by atoms with Crippen molar-refractivity contribution in [1.82, 2.24) is 10.1 Å². The lowest BCUT2D eigenvalue weighted by molar-refractivity contribution is -0.274. The van der Waals surface area contributed by atoms with Crippen molar-refractivity contribution in [3.8, 4) is 5.75 Å². The Kier molecular flexibility index (Phi) is 4.89. The highest BCUT2D eigenvalue weighted by molar-refractivity contribution is 5.46. The molecule has 8 heteroatoms. The van der Waals surface area contributed by atoms with Gasteiger partial charge in [-0.1, -0.05) is 19.0 Å². The number of anilines is 1. The van der Waals surface area contributed by atoms with Gasteiger partial charge in [-0.2, -0.15) is 4.98 Å². The van der Waals surface area contributed by atoms with E-state index in [0.717, 1.165) is 6.42 Å². The molecule has 5 nitrogen and oxygen atoms in total. The quantitative estimate of drug-likeness (QED) is 0.879. The standard InChI is InChI=1S/C14H16F3N3O2/c1-9(2)7-12-19-13(22-20-12)8-18-10-3-5-11(6-4-10)21-14(15,16)17/h3-6,9,18H,7-8H2,1-2H3. The summed E-state index contributed by atoms with van der Waals surface area (Å²) in [6.45, 7) is 4.41. The monoisotopic (exact) mass is 315 g/mol. The number of hydrogen-bond donors (Lipinski definition) is 1. The summed E-state index contributed by atoms with van der Waals surface area (Å²) in [6.07, 6.45) is -3.96. The second-order valence-electron chi connectivity index (χ2n) is 5.13. The van der Waals surface area contributed by atoms with E-state index in [9.17, 15) is 13.2 Å². The van der Waals surface area contributed by atoms with Crippen LogP contribution in [0.3, 0.4) is 0 Å². The molecule has 0 amide bonds. The van der Waals surface area contributed by atoms with Gasteiger partial charge in [-0.05, 0) is 30.2 Å². The Morgan fingerprint density at radius 1 is 1.23 bits per heavy atom. The Morgan fingerprint density at radius 2 is 1.91 bits per heavy atom. The third-order valence-corrected chi connectivity index (χ3v) is 2.63. The molecule has 120 valence electrons. The molecule has 22 heavy (non-hydrogen) atoms. The molecule has 0 fully saturated rings. The number of rotatable bonds is 6. The van der Waals surface area contributed by atoms with Gasteiger partial charge in [-0.3, -0.25) is 0 Å². The number of alkyl halides is 3. The van der Waals surface area contributed by atoms with Gasteiger partial charge in [0.25, 0.3) is 0 Å². The molecule has 0 aliphatic rings. The molecule has 0 aliphatic heterocycles. The van der Waals surface area contributed by atoms with E-state index >= 15 is 0 Å². The molecule has 1 heterocycles. The predicted octanol–water partition coefficient (Wildman–Crippen LogP) is 3.78. The highest BCUT2D eigenvalue weighted by Gasteiger charge is 2.30. The predicted molar refractivity (Wildman–Crippen MR) is 73.3 cm³/mol. The number of aromatic nitrogens is 2. The first-order chi connectivity index (χ1) is 10.3. The van der Waals surface area contributed by atoms with Gasteiger partial charge in [-0.25, -0.2) is 0 Å². The summed E-state index contributed by atoms with van der Waals surface area (Å²) < 4.78 is 45.0. The van der Waals surface area contributed by atoms with Crippen LogP contribution >= 0.6 is 0 Å². The fraction of sp³-hybridized carbons (Fsp3) is 0.429. The van der Waals surface area contributed by atoms with Crippen LogP contribution in [0.5, 0.6) is 5.75 Å². The number of nitrogens with zero attached hydrogens (tertiary/aromatic N) is 2. The van der Waals surface area contributed by atoms with Crippen molar-refractivity contribution in [2.45, 2.75) is 33.2 Å². The van der Waals surface area contributed by atoms with Crippen molar-refractivity contribution in [2.24, 2.45) is 5.92 Å². The third-order valence-electron chi connectivity index (χ3n) is 2.63. The molecule has 2 rings (SSSR count). The summed E-state index contributed by atoms with van der Waals surface area (Å²) in [7, 11) is 0. The zero-order valence-electron chi connectivity index (χ0n) is 12.1. The maximum Gasteiger partial charge on any atom is 0.573 e. The molecule has 0 aliphatic carbocycles. The lowest BCUT2D eigenvalue weighted by atomic mass is 10.1. The number of benzene rings is 1. The van der Waals surface area contributed by atoms with Crippen molar-refractivity contribution in [3.63, 3.8) is 0 Å². The summed E-state index contributed by atoms with van der Waals surface area (Å²) in [6, 6.07) is 5.42. The van der Waals surface area contributed by atoms with Crippen LogP contribution in [-0.2, 0) is 13.0 Å². The van der Waals surface area contributed by atoms with Gasteiger partial charge in [0.1, 0.15) is 5.75 Å².